The predicted molar refractivity (Wildman–Crippen MR) is 108 cm³/mol. The van der Waals surface area contributed by atoms with Gasteiger partial charge in [-0.15, -0.1) is 11.8 Å². The van der Waals surface area contributed by atoms with Crippen molar-refractivity contribution in [3.63, 3.8) is 0 Å². The number of Topliss-reactive ketones (excluding diaryl/α,β-unsaturated/α-hetero) is 1. The molecule has 0 radical (unpaired) electrons. The van der Waals surface area contributed by atoms with Crippen LogP contribution in [0.15, 0.2) is 18.2 Å². The zero-order chi connectivity index (χ0) is 19.3. The van der Waals surface area contributed by atoms with E-state index in [2.05, 4.69) is 15.6 Å². The fourth-order valence-electron chi connectivity index (χ4n) is 2.12. The number of carbonyl (C=O) groups excluding carboxylic acids is 3. The molecule has 0 atom stereocenters. The van der Waals surface area contributed by atoms with Crippen LogP contribution in [0, 0.1) is 13.8 Å². The van der Waals surface area contributed by atoms with Gasteiger partial charge < -0.3 is 10.6 Å². The first kappa shape index (κ1) is 20.4. The number of nitrogens with zero attached hydrogens (tertiary/aromatic N) is 1. The molecule has 0 aliphatic heterocycles. The van der Waals surface area contributed by atoms with Gasteiger partial charge in [-0.25, -0.2) is 4.98 Å². The van der Waals surface area contributed by atoms with Crippen LogP contribution in [0.2, 0.25) is 5.02 Å². The highest BCUT2D eigenvalue weighted by Gasteiger charge is 2.14. The summed E-state index contributed by atoms with van der Waals surface area (Å²) < 4.78 is 0. The van der Waals surface area contributed by atoms with E-state index in [9.17, 15) is 14.4 Å². The van der Waals surface area contributed by atoms with Gasteiger partial charge in [-0.3, -0.25) is 14.4 Å². The first-order valence-electron chi connectivity index (χ1n) is 7.68. The number of aryl methyl sites for hydroxylation is 2. The Morgan fingerprint density at radius 3 is 2.38 bits per heavy atom. The molecule has 0 saturated carbocycles. The van der Waals surface area contributed by atoms with Crippen LogP contribution in [-0.2, 0) is 9.59 Å². The number of hydrogen-bond acceptors (Lipinski definition) is 6. The van der Waals surface area contributed by atoms with Crippen molar-refractivity contribution in [1.29, 1.82) is 0 Å². The van der Waals surface area contributed by atoms with Gasteiger partial charge in [-0.2, -0.15) is 0 Å². The number of halogens is 1. The molecule has 1 aromatic carbocycles. The van der Waals surface area contributed by atoms with Crippen molar-refractivity contribution in [2.45, 2.75) is 20.8 Å². The Morgan fingerprint density at radius 1 is 1.15 bits per heavy atom. The average Bonchev–Trinajstić information content (AvgIpc) is 2.90. The Hall–Kier alpha value is -1.90. The first-order chi connectivity index (χ1) is 12.3. The molecule has 2 amide bonds. The molecule has 2 aromatic rings. The second-order valence-electron chi connectivity index (χ2n) is 5.54. The second-order valence-corrected chi connectivity index (χ2v) is 7.96. The summed E-state index contributed by atoms with van der Waals surface area (Å²) in [5.41, 5.74) is 2.16. The molecule has 0 aliphatic carbocycles. The number of rotatable bonds is 7. The third-order valence-corrected chi connectivity index (χ3v) is 5.63. The fourth-order valence-corrected chi connectivity index (χ4v) is 3.84. The highest BCUT2D eigenvalue weighted by atomic mass is 35.5. The maximum Gasteiger partial charge on any atom is 0.236 e. The summed E-state index contributed by atoms with van der Waals surface area (Å²) in [6.45, 7) is 5.04. The molecule has 0 unspecified atom stereocenters. The van der Waals surface area contributed by atoms with Crippen molar-refractivity contribution >= 4 is 63.1 Å². The van der Waals surface area contributed by atoms with Crippen LogP contribution in [0.5, 0.6) is 0 Å². The lowest BCUT2D eigenvalue weighted by molar-refractivity contribution is -0.114. The minimum absolute atomic E-state index is 0.0796. The smallest absolute Gasteiger partial charge is 0.236 e. The Labute approximate surface area is 164 Å². The Morgan fingerprint density at radius 2 is 1.81 bits per heavy atom. The van der Waals surface area contributed by atoms with E-state index in [-0.39, 0.29) is 29.1 Å². The van der Waals surface area contributed by atoms with Gasteiger partial charge >= 0.3 is 0 Å². The molecular formula is C17H18ClN3O3S2. The number of carbonyl (C=O) groups is 3. The van der Waals surface area contributed by atoms with Gasteiger partial charge in [0, 0.05) is 17.6 Å². The molecule has 0 saturated heterocycles. The Bertz CT molecular complexity index is 852. The quantitative estimate of drug-likeness (QED) is 0.674. The summed E-state index contributed by atoms with van der Waals surface area (Å²) in [5, 5.41) is 6.43. The van der Waals surface area contributed by atoms with Crippen molar-refractivity contribution in [1.82, 2.24) is 4.98 Å². The highest BCUT2D eigenvalue weighted by Crippen LogP contribution is 2.23. The zero-order valence-corrected chi connectivity index (χ0v) is 16.9. The number of anilines is 2. The molecule has 2 rings (SSSR count). The summed E-state index contributed by atoms with van der Waals surface area (Å²) in [4.78, 5) is 40.0. The van der Waals surface area contributed by atoms with E-state index in [1.165, 1.54) is 18.7 Å². The van der Waals surface area contributed by atoms with Crippen LogP contribution in [0.4, 0.5) is 10.8 Å². The average molecular weight is 412 g/mol. The normalized spacial score (nSPS) is 10.5. The molecule has 2 N–H and O–H groups in total. The molecule has 138 valence electrons. The van der Waals surface area contributed by atoms with E-state index in [4.69, 9.17) is 11.6 Å². The summed E-state index contributed by atoms with van der Waals surface area (Å²) in [6.07, 6.45) is 0. The van der Waals surface area contributed by atoms with Crippen molar-refractivity contribution in [2.24, 2.45) is 0 Å². The maximum atomic E-state index is 12.0. The number of nitrogens with one attached hydrogen (secondary N) is 2. The van der Waals surface area contributed by atoms with Crippen molar-refractivity contribution < 1.29 is 14.4 Å². The second kappa shape index (κ2) is 9.16. The van der Waals surface area contributed by atoms with E-state index >= 15 is 0 Å². The molecule has 9 heteroatoms. The maximum absolute atomic E-state index is 12.0. The van der Waals surface area contributed by atoms with E-state index in [0.29, 0.717) is 26.4 Å². The van der Waals surface area contributed by atoms with Gasteiger partial charge in [0.2, 0.25) is 11.8 Å². The SMILES string of the molecule is CC(=O)c1sc(NC(=O)CSCC(=O)Nc2ccc(Cl)cc2C)nc1C. The van der Waals surface area contributed by atoms with E-state index in [0.717, 1.165) is 16.9 Å². The lowest BCUT2D eigenvalue weighted by atomic mass is 10.2. The lowest BCUT2D eigenvalue weighted by Crippen LogP contribution is -2.18. The number of thiazole rings is 1. The van der Waals surface area contributed by atoms with Crippen molar-refractivity contribution in [3.8, 4) is 0 Å². The monoisotopic (exact) mass is 411 g/mol. The van der Waals surface area contributed by atoms with E-state index in [1.54, 1.807) is 25.1 Å². The van der Waals surface area contributed by atoms with Gasteiger partial charge in [-0.05, 0) is 37.6 Å². The van der Waals surface area contributed by atoms with Crippen LogP contribution < -0.4 is 10.6 Å². The zero-order valence-electron chi connectivity index (χ0n) is 14.5. The number of amides is 2. The number of ketones is 1. The van der Waals surface area contributed by atoms with Crippen molar-refractivity contribution in [2.75, 3.05) is 22.1 Å². The standard InChI is InChI=1S/C17H18ClN3O3S2/c1-9-6-12(18)4-5-13(9)20-14(23)7-25-8-15(24)21-17-19-10(2)16(26-17)11(3)22/h4-6H,7-8H2,1-3H3,(H,20,23)(H,19,21,24). The summed E-state index contributed by atoms with van der Waals surface area (Å²) in [6, 6.07) is 5.21. The first-order valence-corrected chi connectivity index (χ1v) is 10.0. The van der Waals surface area contributed by atoms with Crippen LogP contribution in [0.1, 0.15) is 27.9 Å². The number of hydrogen-bond donors (Lipinski definition) is 2. The van der Waals surface area contributed by atoms with Crippen LogP contribution >= 0.6 is 34.7 Å². The minimum atomic E-state index is -0.269. The molecular weight excluding hydrogens is 394 g/mol. The highest BCUT2D eigenvalue weighted by molar-refractivity contribution is 8.00. The third-order valence-electron chi connectivity index (χ3n) is 3.29. The molecule has 0 fully saturated rings. The van der Waals surface area contributed by atoms with Crippen molar-refractivity contribution in [3.05, 3.63) is 39.4 Å². The number of benzene rings is 1. The number of aromatic nitrogens is 1. The van der Waals surface area contributed by atoms with E-state index in [1.807, 2.05) is 6.92 Å². The number of thioether (sulfide) groups is 1. The lowest BCUT2D eigenvalue weighted by Gasteiger charge is -2.08. The van der Waals surface area contributed by atoms with E-state index < -0.39 is 0 Å². The largest absolute Gasteiger partial charge is 0.325 e. The summed E-state index contributed by atoms with van der Waals surface area (Å²) in [5.74, 6) is -0.290. The van der Waals surface area contributed by atoms with Crippen LogP contribution in [0.3, 0.4) is 0 Å². The topological polar surface area (TPSA) is 88.2 Å². The van der Waals surface area contributed by atoms with Crippen LogP contribution in [0.25, 0.3) is 0 Å². The summed E-state index contributed by atoms with van der Waals surface area (Å²) in [7, 11) is 0. The third kappa shape index (κ3) is 5.82. The molecule has 0 bridgehead atoms. The predicted octanol–water partition coefficient (Wildman–Crippen LogP) is 3.93. The van der Waals surface area contributed by atoms with Crippen LogP contribution in [-0.4, -0.2) is 34.1 Å². The Kier molecular flexibility index (Phi) is 7.19. The van der Waals surface area contributed by atoms with Gasteiger partial charge in [-0.1, -0.05) is 22.9 Å². The van der Waals surface area contributed by atoms with Gasteiger partial charge in [0.25, 0.3) is 0 Å². The summed E-state index contributed by atoms with van der Waals surface area (Å²) >= 11 is 8.23. The molecule has 1 aromatic heterocycles. The molecule has 1 heterocycles. The Balaban J connectivity index is 1.78. The molecule has 0 aliphatic rings. The van der Waals surface area contributed by atoms with Gasteiger partial charge in [0.05, 0.1) is 22.1 Å². The molecule has 26 heavy (non-hydrogen) atoms. The minimum Gasteiger partial charge on any atom is -0.325 e. The molecule has 6 nitrogen and oxygen atoms in total. The molecule has 0 spiro atoms. The van der Waals surface area contributed by atoms with Gasteiger partial charge in [0.15, 0.2) is 10.9 Å². The fraction of sp³-hybridized carbons (Fsp3) is 0.294. The van der Waals surface area contributed by atoms with Gasteiger partial charge in [0.1, 0.15) is 0 Å².